The zero-order valence-corrected chi connectivity index (χ0v) is 14.1. The predicted molar refractivity (Wildman–Crippen MR) is 91.8 cm³/mol. The van der Waals surface area contributed by atoms with Crippen LogP contribution in [0.4, 0.5) is 5.82 Å². The molecule has 1 aromatic carbocycles. The van der Waals surface area contributed by atoms with Gasteiger partial charge in [-0.25, -0.2) is 13.4 Å². The summed E-state index contributed by atoms with van der Waals surface area (Å²) in [5.41, 5.74) is 7.10. The maximum atomic E-state index is 12.6. The fourth-order valence-electron chi connectivity index (χ4n) is 2.44. The molecule has 0 aliphatic carbocycles. The third-order valence-electron chi connectivity index (χ3n) is 3.79. The van der Waals surface area contributed by atoms with E-state index in [9.17, 15) is 13.2 Å². The molecule has 0 aliphatic rings. The molecule has 3 rings (SSSR count). The summed E-state index contributed by atoms with van der Waals surface area (Å²) in [7, 11) is -3.63. The Morgan fingerprint density at radius 3 is 2.38 bits per heavy atom. The Hall–Kier alpha value is -2.67. The van der Waals surface area contributed by atoms with Crippen LogP contribution < -0.4 is 5.73 Å². The number of carbonyl (C=O) groups excluding carboxylic acids is 1. The lowest BCUT2D eigenvalue weighted by molar-refractivity contribution is 0.103. The lowest BCUT2D eigenvalue weighted by Crippen LogP contribution is -2.17. The van der Waals surface area contributed by atoms with E-state index in [1.807, 2.05) is 6.07 Å². The Balaban J connectivity index is 2.20. The maximum Gasteiger partial charge on any atom is 0.200 e. The van der Waals surface area contributed by atoms with Crippen molar-refractivity contribution in [3.8, 4) is 0 Å². The number of benzene rings is 1. The fourth-order valence-corrected chi connectivity index (χ4v) is 3.64. The summed E-state index contributed by atoms with van der Waals surface area (Å²) in [6.07, 6.45) is 1.48. The van der Waals surface area contributed by atoms with E-state index in [1.54, 1.807) is 50.2 Å². The van der Waals surface area contributed by atoms with Crippen molar-refractivity contribution in [2.24, 2.45) is 0 Å². The number of sulfone groups is 1. The number of ketones is 1. The molecule has 0 amide bonds. The first-order chi connectivity index (χ1) is 11.3. The van der Waals surface area contributed by atoms with Crippen molar-refractivity contribution in [2.45, 2.75) is 24.1 Å². The van der Waals surface area contributed by atoms with Crippen molar-refractivity contribution in [1.29, 1.82) is 0 Å². The topological polar surface area (TPSA) is 94.5 Å². The number of nitrogens with two attached hydrogens (primary N) is 1. The van der Waals surface area contributed by atoms with E-state index in [4.69, 9.17) is 5.73 Å². The van der Waals surface area contributed by atoms with Gasteiger partial charge in [0.1, 0.15) is 5.65 Å². The number of nitrogens with zero attached hydrogens (tertiary/aromatic N) is 2. The summed E-state index contributed by atoms with van der Waals surface area (Å²) in [5.74, 6) is -0.259. The van der Waals surface area contributed by atoms with Crippen LogP contribution in [0.25, 0.3) is 5.65 Å². The summed E-state index contributed by atoms with van der Waals surface area (Å²) < 4.78 is 26.5. The quantitative estimate of drug-likeness (QED) is 0.734. The van der Waals surface area contributed by atoms with Gasteiger partial charge in [-0.1, -0.05) is 30.3 Å². The molecule has 24 heavy (non-hydrogen) atoms. The van der Waals surface area contributed by atoms with Gasteiger partial charge in [0.25, 0.3) is 0 Å². The Bertz CT molecular complexity index is 1020. The lowest BCUT2D eigenvalue weighted by atomic mass is 10.1. The molecule has 0 spiro atoms. The Morgan fingerprint density at radius 1 is 1.08 bits per heavy atom. The molecule has 3 aromatic rings. The van der Waals surface area contributed by atoms with Crippen LogP contribution in [0.15, 0.2) is 53.7 Å². The monoisotopic (exact) mass is 343 g/mol. The maximum absolute atomic E-state index is 12.6. The number of imidazole rings is 1. The lowest BCUT2D eigenvalue weighted by Gasteiger charge is -2.09. The molecule has 0 radical (unpaired) electrons. The first-order valence-electron chi connectivity index (χ1n) is 7.43. The minimum atomic E-state index is -3.63. The zero-order chi connectivity index (χ0) is 17.5. The number of hydrogen-bond acceptors (Lipinski definition) is 5. The molecule has 124 valence electrons. The smallest absolute Gasteiger partial charge is 0.200 e. The van der Waals surface area contributed by atoms with Crippen molar-refractivity contribution in [1.82, 2.24) is 9.38 Å². The highest BCUT2D eigenvalue weighted by atomic mass is 32.2. The minimum Gasteiger partial charge on any atom is -0.381 e. The number of carbonyl (C=O) groups is 1. The first-order valence-corrected chi connectivity index (χ1v) is 8.98. The second-order valence-electron chi connectivity index (χ2n) is 5.74. The number of pyridine rings is 1. The molecule has 0 bridgehead atoms. The number of hydrogen-bond donors (Lipinski definition) is 1. The number of aromatic nitrogens is 2. The van der Waals surface area contributed by atoms with E-state index in [-0.39, 0.29) is 16.6 Å². The summed E-state index contributed by atoms with van der Waals surface area (Å²) in [6.45, 7) is 3.15. The molecule has 0 unspecified atom stereocenters. The zero-order valence-electron chi connectivity index (χ0n) is 13.3. The van der Waals surface area contributed by atoms with Crippen LogP contribution in [0.3, 0.4) is 0 Å². The Labute approximate surface area is 139 Å². The average molecular weight is 343 g/mol. The van der Waals surface area contributed by atoms with Gasteiger partial charge >= 0.3 is 0 Å². The van der Waals surface area contributed by atoms with Crippen LogP contribution in [0, 0.1) is 0 Å². The van der Waals surface area contributed by atoms with Crippen LogP contribution >= 0.6 is 0 Å². The molecule has 2 aromatic heterocycles. The molecular weight excluding hydrogens is 326 g/mol. The summed E-state index contributed by atoms with van der Waals surface area (Å²) in [5, 5.41) is -0.719. The van der Waals surface area contributed by atoms with Crippen LogP contribution in [0.2, 0.25) is 0 Å². The molecule has 0 saturated carbocycles. The van der Waals surface area contributed by atoms with Gasteiger partial charge in [-0.15, -0.1) is 0 Å². The standard InChI is InChI=1S/C17H17N3O3S/c1-11(2)24(22,23)17-16(18)19-14-9-8-13(10-20(14)17)15(21)12-6-4-3-5-7-12/h3-11H,18H2,1-2H3. The third-order valence-corrected chi connectivity index (χ3v) is 5.97. The number of nitrogen functional groups attached to an aromatic ring is 1. The van der Waals surface area contributed by atoms with Gasteiger partial charge in [-0.3, -0.25) is 9.20 Å². The van der Waals surface area contributed by atoms with Crippen molar-refractivity contribution >= 4 is 27.1 Å². The first kappa shape index (κ1) is 16.2. The molecule has 0 atom stereocenters. The largest absolute Gasteiger partial charge is 0.381 e. The molecule has 2 heterocycles. The molecule has 0 fully saturated rings. The van der Waals surface area contributed by atoms with Crippen LogP contribution in [0.1, 0.15) is 29.8 Å². The highest BCUT2D eigenvalue weighted by Crippen LogP contribution is 2.25. The minimum absolute atomic E-state index is 0.0620. The Kier molecular flexibility index (Phi) is 3.88. The van der Waals surface area contributed by atoms with Gasteiger partial charge in [0.15, 0.2) is 26.5 Å². The van der Waals surface area contributed by atoms with E-state index >= 15 is 0 Å². The summed E-state index contributed by atoms with van der Waals surface area (Å²) in [4.78, 5) is 16.7. The van der Waals surface area contributed by atoms with Crippen molar-refractivity contribution in [3.63, 3.8) is 0 Å². The molecule has 2 N–H and O–H groups in total. The third kappa shape index (κ3) is 2.56. The SMILES string of the molecule is CC(C)S(=O)(=O)c1c(N)nc2ccc(C(=O)c3ccccc3)cn12. The van der Waals surface area contributed by atoms with Crippen molar-refractivity contribution in [3.05, 3.63) is 59.8 Å². The fraction of sp³-hybridized carbons (Fsp3) is 0.176. The van der Waals surface area contributed by atoms with Gasteiger partial charge in [-0.2, -0.15) is 0 Å². The van der Waals surface area contributed by atoms with Gasteiger partial charge < -0.3 is 5.73 Å². The number of anilines is 1. The highest BCUT2D eigenvalue weighted by molar-refractivity contribution is 7.92. The van der Waals surface area contributed by atoms with E-state index in [0.29, 0.717) is 16.8 Å². The molecule has 0 saturated heterocycles. The van der Waals surface area contributed by atoms with E-state index in [1.165, 1.54) is 10.6 Å². The highest BCUT2D eigenvalue weighted by Gasteiger charge is 2.27. The molecule has 7 heteroatoms. The van der Waals surface area contributed by atoms with Crippen molar-refractivity contribution in [2.75, 3.05) is 5.73 Å². The predicted octanol–water partition coefficient (Wildman–Crippen LogP) is 2.33. The van der Waals surface area contributed by atoms with Crippen LogP contribution in [0.5, 0.6) is 0 Å². The van der Waals surface area contributed by atoms with Gasteiger partial charge in [-0.05, 0) is 26.0 Å². The number of rotatable bonds is 4. The molecular formula is C17H17N3O3S. The van der Waals surface area contributed by atoms with Crippen molar-refractivity contribution < 1.29 is 13.2 Å². The van der Waals surface area contributed by atoms with E-state index in [0.717, 1.165) is 0 Å². The molecule has 6 nitrogen and oxygen atoms in total. The van der Waals surface area contributed by atoms with E-state index in [2.05, 4.69) is 4.98 Å². The summed E-state index contributed by atoms with van der Waals surface area (Å²) >= 11 is 0. The van der Waals surface area contributed by atoms with Crippen LogP contribution in [-0.2, 0) is 9.84 Å². The van der Waals surface area contributed by atoms with Gasteiger partial charge in [0.2, 0.25) is 0 Å². The molecule has 0 aliphatic heterocycles. The van der Waals surface area contributed by atoms with Crippen LogP contribution in [-0.4, -0.2) is 28.8 Å². The second kappa shape index (κ2) is 5.76. The Morgan fingerprint density at radius 2 is 1.75 bits per heavy atom. The second-order valence-corrected chi connectivity index (χ2v) is 8.16. The van der Waals surface area contributed by atoms with E-state index < -0.39 is 15.1 Å². The number of fused-ring (bicyclic) bond motifs is 1. The average Bonchev–Trinajstić information content (AvgIpc) is 2.90. The summed E-state index contributed by atoms with van der Waals surface area (Å²) in [6, 6.07) is 12.0. The van der Waals surface area contributed by atoms with Gasteiger partial charge in [0.05, 0.1) is 5.25 Å². The normalized spacial score (nSPS) is 12.0. The van der Waals surface area contributed by atoms with Gasteiger partial charge in [0, 0.05) is 17.3 Å².